The number of benzene rings is 2. The molecule has 0 aliphatic carbocycles. The van der Waals surface area contributed by atoms with Crippen LogP contribution in [0.3, 0.4) is 0 Å². The van der Waals surface area contributed by atoms with Crippen LogP contribution < -0.4 is 24.3 Å². The van der Waals surface area contributed by atoms with Crippen LogP contribution >= 0.6 is 11.3 Å². The molecular weight excluding hydrogens is 450 g/mol. The minimum absolute atomic E-state index is 0.208. The molecule has 0 atom stereocenters. The summed E-state index contributed by atoms with van der Waals surface area (Å²) in [4.78, 5) is 18.0. The zero-order valence-corrected chi connectivity index (χ0v) is 20.1. The van der Waals surface area contributed by atoms with Crippen molar-refractivity contribution >= 4 is 22.4 Å². The highest BCUT2D eigenvalue weighted by Gasteiger charge is 2.13. The number of methoxy groups -OCH3 is 1. The van der Waals surface area contributed by atoms with E-state index in [1.54, 1.807) is 19.3 Å². The summed E-state index contributed by atoms with van der Waals surface area (Å²) in [6.07, 6.45) is 6.84. The largest absolute Gasteiger partial charge is 0.494 e. The fraction of sp³-hybridized carbons (Fsp3) is 0.269. The molecule has 0 bridgehead atoms. The van der Waals surface area contributed by atoms with Crippen molar-refractivity contribution in [2.45, 2.75) is 26.2 Å². The van der Waals surface area contributed by atoms with E-state index >= 15 is 0 Å². The molecule has 2 aromatic carbocycles. The number of rotatable bonds is 11. The van der Waals surface area contributed by atoms with Crippen LogP contribution in [0.5, 0.6) is 17.2 Å². The molecule has 0 aliphatic heterocycles. The van der Waals surface area contributed by atoms with Gasteiger partial charge in [0.05, 0.1) is 18.2 Å². The molecule has 0 amide bonds. The standard InChI is InChI=1S/C26H27N3O4S/c1-4-6-7-15-32-20-11-9-19(10-12-20)24-27-26-29(28-24)25(30)23(34-26)17-18-8-13-21(33-14-5-2)22(16-18)31-3/h5,8-13,16-17H,2,4,6-7,14-15H2,1,3H3/b23-17-. The first kappa shape index (κ1) is 23.5. The van der Waals surface area contributed by atoms with Crippen molar-refractivity contribution in [1.82, 2.24) is 14.6 Å². The topological polar surface area (TPSA) is 75.0 Å². The second kappa shape index (κ2) is 11.0. The summed E-state index contributed by atoms with van der Waals surface area (Å²) in [5.41, 5.74) is 1.45. The average Bonchev–Trinajstić information content (AvgIpc) is 3.40. The molecule has 0 radical (unpaired) electrons. The summed E-state index contributed by atoms with van der Waals surface area (Å²) >= 11 is 1.30. The molecule has 4 aromatic rings. The van der Waals surface area contributed by atoms with Gasteiger partial charge in [-0.2, -0.15) is 9.50 Å². The summed E-state index contributed by atoms with van der Waals surface area (Å²) in [6.45, 7) is 6.91. The third-order valence-corrected chi connectivity index (χ3v) is 6.11. The lowest BCUT2D eigenvalue weighted by Crippen LogP contribution is -2.23. The molecule has 2 aromatic heterocycles. The number of ether oxygens (including phenoxy) is 3. The van der Waals surface area contributed by atoms with Crippen molar-refractivity contribution in [3.05, 3.63) is 75.6 Å². The third kappa shape index (κ3) is 5.28. The van der Waals surface area contributed by atoms with Gasteiger partial charge in [-0.05, 0) is 54.5 Å². The van der Waals surface area contributed by atoms with Gasteiger partial charge >= 0.3 is 0 Å². The van der Waals surface area contributed by atoms with E-state index in [2.05, 4.69) is 23.6 Å². The molecule has 0 unspecified atom stereocenters. The summed E-state index contributed by atoms with van der Waals surface area (Å²) in [7, 11) is 1.58. The van der Waals surface area contributed by atoms with E-state index in [1.165, 1.54) is 15.9 Å². The fourth-order valence-electron chi connectivity index (χ4n) is 3.39. The number of hydrogen-bond acceptors (Lipinski definition) is 7. The summed E-state index contributed by atoms with van der Waals surface area (Å²) in [6, 6.07) is 13.1. The quantitative estimate of drug-likeness (QED) is 0.234. The Bertz CT molecular complexity index is 1380. The van der Waals surface area contributed by atoms with E-state index in [4.69, 9.17) is 14.2 Å². The predicted octanol–water partition coefficient (Wildman–Crippen LogP) is 4.51. The normalized spacial score (nSPS) is 11.6. The van der Waals surface area contributed by atoms with Crippen LogP contribution in [0.4, 0.5) is 0 Å². The average molecular weight is 478 g/mol. The van der Waals surface area contributed by atoms with Crippen molar-refractivity contribution < 1.29 is 14.2 Å². The number of fused-ring (bicyclic) bond motifs is 1. The Morgan fingerprint density at radius 1 is 1.09 bits per heavy atom. The van der Waals surface area contributed by atoms with Gasteiger partial charge in [0.1, 0.15) is 12.4 Å². The van der Waals surface area contributed by atoms with Gasteiger partial charge < -0.3 is 14.2 Å². The predicted molar refractivity (Wildman–Crippen MR) is 135 cm³/mol. The molecule has 0 fully saturated rings. The van der Waals surface area contributed by atoms with Gasteiger partial charge in [0.15, 0.2) is 17.3 Å². The van der Waals surface area contributed by atoms with Gasteiger partial charge in [0, 0.05) is 5.56 Å². The number of unbranched alkanes of at least 4 members (excludes halogenated alkanes) is 2. The highest BCUT2D eigenvalue weighted by atomic mass is 32.1. The summed E-state index contributed by atoms with van der Waals surface area (Å²) < 4.78 is 18.6. The Labute approximate surface area is 201 Å². The van der Waals surface area contributed by atoms with Crippen LogP contribution in [0, 0.1) is 0 Å². The first-order chi connectivity index (χ1) is 16.6. The molecule has 0 N–H and O–H groups in total. The van der Waals surface area contributed by atoms with Crippen LogP contribution in [0.15, 0.2) is 59.9 Å². The zero-order chi connectivity index (χ0) is 23.9. The maximum Gasteiger partial charge on any atom is 0.291 e. The molecular formula is C26H27N3O4S. The lowest BCUT2D eigenvalue weighted by atomic mass is 10.2. The van der Waals surface area contributed by atoms with E-state index < -0.39 is 0 Å². The maximum absolute atomic E-state index is 12.9. The minimum atomic E-state index is -0.208. The number of nitrogens with zero attached hydrogens (tertiary/aromatic N) is 3. The van der Waals surface area contributed by atoms with Crippen molar-refractivity contribution in [2.75, 3.05) is 20.3 Å². The Hall–Kier alpha value is -3.65. The van der Waals surface area contributed by atoms with Crippen molar-refractivity contribution in [2.24, 2.45) is 0 Å². The van der Waals surface area contributed by atoms with Crippen LogP contribution in [0.1, 0.15) is 31.7 Å². The van der Waals surface area contributed by atoms with Gasteiger partial charge in [0.2, 0.25) is 4.96 Å². The van der Waals surface area contributed by atoms with Crippen molar-refractivity contribution in [1.29, 1.82) is 0 Å². The highest BCUT2D eigenvalue weighted by molar-refractivity contribution is 7.15. The molecule has 0 saturated carbocycles. The Morgan fingerprint density at radius 3 is 2.62 bits per heavy atom. The lowest BCUT2D eigenvalue weighted by Gasteiger charge is -2.09. The lowest BCUT2D eigenvalue weighted by molar-refractivity contribution is 0.306. The van der Waals surface area contributed by atoms with E-state index in [1.807, 2.05) is 42.5 Å². The highest BCUT2D eigenvalue weighted by Crippen LogP contribution is 2.28. The van der Waals surface area contributed by atoms with Crippen LogP contribution in [-0.4, -0.2) is 34.9 Å². The van der Waals surface area contributed by atoms with E-state index in [9.17, 15) is 4.79 Å². The maximum atomic E-state index is 12.9. The molecule has 8 heteroatoms. The first-order valence-electron chi connectivity index (χ1n) is 11.2. The van der Waals surface area contributed by atoms with Crippen LogP contribution in [0.25, 0.3) is 22.4 Å². The number of hydrogen-bond donors (Lipinski definition) is 0. The van der Waals surface area contributed by atoms with Gasteiger partial charge in [-0.25, -0.2) is 0 Å². The van der Waals surface area contributed by atoms with Gasteiger partial charge in [0.25, 0.3) is 5.56 Å². The smallest absolute Gasteiger partial charge is 0.291 e. The first-order valence-corrected chi connectivity index (χ1v) is 12.0. The second-order valence-corrected chi connectivity index (χ2v) is 8.64. The van der Waals surface area contributed by atoms with Crippen molar-refractivity contribution in [3.63, 3.8) is 0 Å². The number of aromatic nitrogens is 3. The summed E-state index contributed by atoms with van der Waals surface area (Å²) in [5, 5.41) is 4.43. The van der Waals surface area contributed by atoms with E-state index in [-0.39, 0.29) is 5.56 Å². The Kier molecular flexibility index (Phi) is 7.59. The third-order valence-electron chi connectivity index (χ3n) is 5.15. The molecule has 0 spiro atoms. The monoisotopic (exact) mass is 477 g/mol. The molecule has 0 aliphatic rings. The zero-order valence-electron chi connectivity index (χ0n) is 19.3. The fourth-order valence-corrected chi connectivity index (χ4v) is 4.30. The SMILES string of the molecule is C=CCOc1ccc(/C=c2\sc3nc(-c4ccc(OCCCCC)cc4)nn3c2=O)cc1OC. The molecule has 34 heavy (non-hydrogen) atoms. The van der Waals surface area contributed by atoms with E-state index in [0.717, 1.165) is 36.1 Å². The molecule has 2 heterocycles. The van der Waals surface area contributed by atoms with Crippen LogP contribution in [-0.2, 0) is 0 Å². The molecule has 7 nitrogen and oxygen atoms in total. The number of thiazole rings is 1. The molecule has 0 saturated heterocycles. The minimum Gasteiger partial charge on any atom is -0.494 e. The van der Waals surface area contributed by atoms with E-state index in [0.29, 0.717) is 40.0 Å². The Morgan fingerprint density at radius 2 is 1.91 bits per heavy atom. The van der Waals surface area contributed by atoms with Gasteiger partial charge in [-0.15, -0.1) is 5.10 Å². The van der Waals surface area contributed by atoms with Crippen LogP contribution in [0.2, 0.25) is 0 Å². The second-order valence-electron chi connectivity index (χ2n) is 7.64. The van der Waals surface area contributed by atoms with Crippen molar-refractivity contribution in [3.8, 4) is 28.6 Å². The molecule has 4 rings (SSSR count). The van der Waals surface area contributed by atoms with Gasteiger partial charge in [-0.3, -0.25) is 4.79 Å². The molecule has 176 valence electrons. The summed E-state index contributed by atoms with van der Waals surface area (Å²) in [5.74, 6) is 2.53. The Balaban J connectivity index is 1.55. The van der Waals surface area contributed by atoms with Gasteiger partial charge in [-0.1, -0.05) is 49.8 Å².